The molecule has 2 fully saturated rings. The van der Waals surface area contributed by atoms with E-state index in [1.54, 1.807) is 0 Å². The molecule has 38 heavy (non-hydrogen) atoms. The van der Waals surface area contributed by atoms with Crippen LogP contribution in [0.2, 0.25) is 0 Å². The SMILES string of the molecule is C=C/C(=C\C)c1nc(-c2noc(=O)[nH]2)cc2nc(N3CCOC4CCCC43)n(C(C)C(C)CCC(C)C)c12. The number of fused-ring (bicyclic) bond motifs is 2. The van der Waals surface area contributed by atoms with E-state index in [2.05, 4.69) is 53.9 Å². The van der Waals surface area contributed by atoms with Crippen molar-refractivity contribution in [1.82, 2.24) is 24.7 Å². The number of pyridine rings is 1. The van der Waals surface area contributed by atoms with Crippen LogP contribution in [0.1, 0.15) is 78.5 Å². The Hall–Kier alpha value is -3.20. The number of rotatable bonds is 9. The van der Waals surface area contributed by atoms with Crippen molar-refractivity contribution in [3.8, 4) is 11.5 Å². The maximum atomic E-state index is 11.7. The lowest BCUT2D eigenvalue weighted by atomic mass is 9.93. The Bertz CT molecular complexity index is 1380. The van der Waals surface area contributed by atoms with Crippen molar-refractivity contribution in [2.75, 3.05) is 18.1 Å². The zero-order chi connectivity index (χ0) is 27.0. The molecule has 1 aliphatic heterocycles. The summed E-state index contributed by atoms with van der Waals surface area (Å²) < 4.78 is 13.3. The molecule has 204 valence electrons. The second-order valence-corrected chi connectivity index (χ2v) is 11.2. The smallest absolute Gasteiger partial charge is 0.374 e. The van der Waals surface area contributed by atoms with Crippen molar-refractivity contribution in [3.05, 3.63) is 41.0 Å². The number of nitrogens with zero attached hydrogens (tertiary/aromatic N) is 5. The fraction of sp³-hybridized carbons (Fsp3) is 0.586. The molecule has 9 heteroatoms. The van der Waals surface area contributed by atoms with Gasteiger partial charge >= 0.3 is 5.76 Å². The van der Waals surface area contributed by atoms with Crippen LogP contribution in [0.3, 0.4) is 0 Å². The first-order valence-corrected chi connectivity index (χ1v) is 14.0. The van der Waals surface area contributed by atoms with Crippen LogP contribution in [0.5, 0.6) is 0 Å². The summed E-state index contributed by atoms with van der Waals surface area (Å²) in [4.78, 5) is 27.1. The number of morpholine rings is 1. The van der Waals surface area contributed by atoms with Crippen molar-refractivity contribution in [2.24, 2.45) is 11.8 Å². The predicted molar refractivity (Wildman–Crippen MR) is 150 cm³/mol. The number of allylic oxidation sites excluding steroid dienone is 3. The minimum Gasteiger partial charge on any atom is -0.374 e. The van der Waals surface area contributed by atoms with E-state index in [1.165, 1.54) is 12.8 Å². The normalized spacial score (nSPS) is 21.7. The number of nitrogens with one attached hydrogen (secondary N) is 1. The fourth-order valence-corrected chi connectivity index (χ4v) is 5.98. The highest BCUT2D eigenvalue weighted by atomic mass is 16.5. The van der Waals surface area contributed by atoms with Crippen molar-refractivity contribution < 1.29 is 9.26 Å². The number of aromatic nitrogens is 5. The number of H-pyrrole nitrogens is 1. The lowest BCUT2D eigenvalue weighted by Crippen LogP contribution is -2.50. The molecule has 4 heterocycles. The Morgan fingerprint density at radius 3 is 2.74 bits per heavy atom. The summed E-state index contributed by atoms with van der Waals surface area (Å²) in [6.45, 7) is 16.8. The van der Waals surface area contributed by atoms with E-state index in [4.69, 9.17) is 19.2 Å². The molecular weight excluding hydrogens is 480 g/mol. The first-order valence-electron chi connectivity index (χ1n) is 14.0. The summed E-state index contributed by atoms with van der Waals surface area (Å²) in [5.41, 5.74) is 3.98. The Kier molecular flexibility index (Phi) is 7.56. The minimum absolute atomic E-state index is 0.192. The van der Waals surface area contributed by atoms with Gasteiger partial charge in [0.15, 0.2) is 0 Å². The number of hydrogen-bond acceptors (Lipinski definition) is 7. The van der Waals surface area contributed by atoms with Crippen LogP contribution in [-0.2, 0) is 4.74 Å². The monoisotopic (exact) mass is 520 g/mol. The van der Waals surface area contributed by atoms with Crippen LogP contribution in [0, 0.1) is 11.8 Å². The molecule has 1 saturated carbocycles. The maximum Gasteiger partial charge on any atom is 0.439 e. The zero-order valence-corrected chi connectivity index (χ0v) is 23.2. The third-order valence-corrected chi connectivity index (χ3v) is 8.31. The van der Waals surface area contributed by atoms with Crippen LogP contribution < -0.4 is 10.7 Å². The van der Waals surface area contributed by atoms with Gasteiger partial charge in [-0.1, -0.05) is 51.1 Å². The van der Waals surface area contributed by atoms with Gasteiger partial charge in [-0.25, -0.2) is 14.8 Å². The molecule has 0 aromatic carbocycles. The third-order valence-electron chi connectivity index (χ3n) is 8.31. The molecule has 1 aliphatic carbocycles. The fourth-order valence-electron chi connectivity index (χ4n) is 5.98. The third kappa shape index (κ3) is 4.84. The largest absolute Gasteiger partial charge is 0.439 e. The Balaban J connectivity index is 1.74. The predicted octanol–water partition coefficient (Wildman–Crippen LogP) is 5.75. The standard InChI is InChI=1S/C29H40N6O3/c1-7-20(8-2)25-26-21(16-22(30-25)27-32-29(36)38-33-27)31-28(34-14-15-37-24-11-9-10-23(24)34)35(26)19(6)18(5)13-12-17(3)4/h7-8,16-19,23-24H,1,9-15H2,2-6H3,(H,32,33,36)/b20-8+. The molecule has 3 aromatic heterocycles. The van der Waals surface area contributed by atoms with Crippen molar-refractivity contribution in [2.45, 2.75) is 84.9 Å². The van der Waals surface area contributed by atoms with E-state index in [0.29, 0.717) is 30.2 Å². The van der Waals surface area contributed by atoms with Crippen LogP contribution in [0.25, 0.3) is 28.1 Å². The number of anilines is 1. The van der Waals surface area contributed by atoms with Gasteiger partial charge < -0.3 is 14.2 Å². The van der Waals surface area contributed by atoms with Crippen molar-refractivity contribution >= 4 is 22.6 Å². The van der Waals surface area contributed by atoms with Gasteiger partial charge in [0, 0.05) is 12.6 Å². The van der Waals surface area contributed by atoms with E-state index in [1.807, 2.05) is 25.1 Å². The average Bonchev–Trinajstić information content (AvgIpc) is 3.65. The van der Waals surface area contributed by atoms with Gasteiger partial charge in [0.1, 0.15) is 5.69 Å². The summed E-state index contributed by atoms with van der Waals surface area (Å²) in [7, 11) is 0. The summed E-state index contributed by atoms with van der Waals surface area (Å²) in [5, 5.41) is 3.90. The van der Waals surface area contributed by atoms with Gasteiger partial charge in [-0.15, -0.1) is 0 Å². The number of imidazole rings is 1. The van der Waals surface area contributed by atoms with Gasteiger partial charge in [-0.2, -0.15) is 0 Å². The molecule has 0 amide bonds. The molecule has 1 saturated heterocycles. The molecule has 4 unspecified atom stereocenters. The molecule has 4 atom stereocenters. The minimum atomic E-state index is -0.613. The zero-order valence-electron chi connectivity index (χ0n) is 23.2. The van der Waals surface area contributed by atoms with Gasteiger partial charge in [-0.3, -0.25) is 9.51 Å². The van der Waals surface area contributed by atoms with Gasteiger partial charge in [-0.05, 0) is 63.0 Å². The number of ether oxygens (including phenoxy) is 1. The van der Waals surface area contributed by atoms with Gasteiger partial charge in [0.25, 0.3) is 0 Å². The molecule has 5 rings (SSSR count). The van der Waals surface area contributed by atoms with Crippen molar-refractivity contribution in [1.29, 1.82) is 0 Å². The van der Waals surface area contributed by atoms with Crippen LogP contribution in [0.4, 0.5) is 5.95 Å². The van der Waals surface area contributed by atoms with Crippen LogP contribution >= 0.6 is 0 Å². The van der Waals surface area contributed by atoms with Crippen LogP contribution in [-0.4, -0.2) is 50.0 Å². The summed E-state index contributed by atoms with van der Waals surface area (Å²) in [5.74, 6) is 1.73. The van der Waals surface area contributed by atoms with Gasteiger partial charge in [0.2, 0.25) is 11.8 Å². The molecular formula is C29H40N6O3. The van der Waals surface area contributed by atoms with E-state index in [9.17, 15) is 4.79 Å². The quantitative estimate of drug-likeness (QED) is 0.358. The van der Waals surface area contributed by atoms with E-state index in [0.717, 1.165) is 54.1 Å². The Morgan fingerprint density at radius 2 is 2.05 bits per heavy atom. The molecule has 0 spiro atoms. The van der Waals surface area contributed by atoms with Gasteiger partial charge in [0.05, 0.1) is 35.5 Å². The first kappa shape index (κ1) is 26.4. The molecule has 0 bridgehead atoms. The summed E-state index contributed by atoms with van der Waals surface area (Å²) >= 11 is 0. The van der Waals surface area contributed by atoms with Crippen LogP contribution in [0.15, 0.2) is 34.1 Å². The Morgan fingerprint density at radius 1 is 1.24 bits per heavy atom. The Labute approximate surface area is 224 Å². The molecule has 3 aromatic rings. The average molecular weight is 521 g/mol. The topological polar surface area (TPSA) is 102 Å². The molecule has 9 nitrogen and oxygen atoms in total. The number of aromatic amines is 1. The molecule has 2 aliphatic rings. The van der Waals surface area contributed by atoms with E-state index >= 15 is 0 Å². The maximum absolute atomic E-state index is 11.7. The van der Waals surface area contributed by atoms with Crippen molar-refractivity contribution in [3.63, 3.8) is 0 Å². The number of hydrogen-bond donors (Lipinski definition) is 1. The van der Waals surface area contributed by atoms with E-state index < -0.39 is 5.76 Å². The molecule has 1 N–H and O–H groups in total. The van der Waals surface area contributed by atoms with E-state index in [-0.39, 0.29) is 18.0 Å². The first-order chi connectivity index (χ1) is 18.3. The highest BCUT2D eigenvalue weighted by Crippen LogP contribution is 2.40. The second kappa shape index (κ2) is 10.9. The highest BCUT2D eigenvalue weighted by Gasteiger charge is 2.39. The molecule has 0 radical (unpaired) electrons. The summed E-state index contributed by atoms with van der Waals surface area (Å²) in [6.07, 6.45) is 9.76. The summed E-state index contributed by atoms with van der Waals surface area (Å²) in [6, 6.07) is 2.42. The highest BCUT2D eigenvalue weighted by molar-refractivity contribution is 5.94. The lowest BCUT2D eigenvalue weighted by Gasteiger charge is -2.39. The lowest BCUT2D eigenvalue weighted by molar-refractivity contribution is 0.0246. The second-order valence-electron chi connectivity index (χ2n) is 11.2.